The second kappa shape index (κ2) is 10.2. The highest BCUT2D eigenvalue weighted by molar-refractivity contribution is 5.96. The van der Waals surface area contributed by atoms with Crippen LogP contribution in [0.3, 0.4) is 0 Å². The van der Waals surface area contributed by atoms with Crippen molar-refractivity contribution >= 4 is 5.91 Å². The molecule has 2 saturated heterocycles. The number of hydrogen-bond acceptors (Lipinski definition) is 5. The fourth-order valence-corrected chi connectivity index (χ4v) is 5.54. The first-order valence-electron chi connectivity index (χ1n) is 12.3. The van der Waals surface area contributed by atoms with E-state index in [1.807, 2.05) is 18.7 Å². The Bertz CT molecular complexity index is 1010. The lowest BCUT2D eigenvalue weighted by Gasteiger charge is -2.47. The van der Waals surface area contributed by atoms with Crippen LogP contribution in [0.2, 0.25) is 0 Å². The van der Waals surface area contributed by atoms with Crippen molar-refractivity contribution in [3.05, 3.63) is 58.7 Å². The van der Waals surface area contributed by atoms with Crippen LogP contribution >= 0.6 is 0 Å². The van der Waals surface area contributed by atoms with Crippen LogP contribution in [0.1, 0.15) is 65.6 Å². The summed E-state index contributed by atoms with van der Waals surface area (Å²) in [6, 6.07) is 6.31. The molecule has 1 aromatic heterocycles. The van der Waals surface area contributed by atoms with E-state index in [1.165, 1.54) is 18.5 Å². The Labute approximate surface area is 205 Å². The van der Waals surface area contributed by atoms with E-state index in [0.717, 1.165) is 49.4 Å². The van der Waals surface area contributed by atoms with Crippen LogP contribution in [0.4, 0.5) is 13.2 Å². The number of benzene rings is 1. The molecule has 35 heavy (non-hydrogen) atoms. The predicted molar refractivity (Wildman–Crippen MR) is 128 cm³/mol. The number of rotatable bonds is 4. The Morgan fingerprint density at radius 1 is 1.00 bits per heavy atom. The van der Waals surface area contributed by atoms with E-state index < -0.39 is 11.7 Å². The molecule has 2 aliphatic heterocycles. The number of piperazine rings is 1. The van der Waals surface area contributed by atoms with Crippen LogP contribution in [0.5, 0.6) is 0 Å². The van der Waals surface area contributed by atoms with Crippen LogP contribution in [-0.4, -0.2) is 75.4 Å². The molecule has 0 aliphatic carbocycles. The minimum absolute atomic E-state index is 0.0163. The molecule has 0 N–H and O–H groups in total. The molecular formula is C26H34F3N5O. The monoisotopic (exact) mass is 489 g/mol. The summed E-state index contributed by atoms with van der Waals surface area (Å²) < 4.78 is 38.7. The number of nitrogens with zero attached hydrogens (tertiary/aromatic N) is 5. The second-order valence-electron chi connectivity index (χ2n) is 9.82. The highest BCUT2D eigenvalue weighted by Crippen LogP contribution is 2.32. The highest BCUT2D eigenvalue weighted by atomic mass is 19.4. The van der Waals surface area contributed by atoms with Gasteiger partial charge in [-0.3, -0.25) is 14.6 Å². The summed E-state index contributed by atoms with van der Waals surface area (Å²) >= 11 is 0. The van der Waals surface area contributed by atoms with Crippen molar-refractivity contribution < 1.29 is 18.0 Å². The fraction of sp³-hybridized carbons (Fsp3) is 0.577. The number of piperidine rings is 1. The van der Waals surface area contributed by atoms with Crippen LogP contribution in [-0.2, 0) is 6.18 Å². The maximum Gasteiger partial charge on any atom is 0.416 e. The van der Waals surface area contributed by atoms with Crippen LogP contribution in [0.25, 0.3) is 0 Å². The molecule has 1 aromatic carbocycles. The highest BCUT2D eigenvalue weighted by Gasteiger charge is 2.35. The average Bonchev–Trinajstić information content (AvgIpc) is 2.83. The summed E-state index contributed by atoms with van der Waals surface area (Å²) in [6.45, 7) is 12.1. The average molecular weight is 490 g/mol. The van der Waals surface area contributed by atoms with Crippen molar-refractivity contribution in [2.24, 2.45) is 0 Å². The van der Waals surface area contributed by atoms with Gasteiger partial charge in [-0.1, -0.05) is 12.1 Å². The molecule has 0 unspecified atom stereocenters. The molecule has 2 atom stereocenters. The smallest absolute Gasteiger partial charge is 0.338 e. The minimum atomic E-state index is -4.31. The van der Waals surface area contributed by atoms with Crippen molar-refractivity contribution in [3.8, 4) is 0 Å². The quantitative estimate of drug-likeness (QED) is 0.634. The topological polar surface area (TPSA) is 52.6 Å². The number of hydrogen-bond donors (Lipinski definition) is 0. The van der Waals surface area contributed by atoms with Gasteiger partial charge in [-0.25, -0.2) is 9.97 Å². The number of aryl methyl sites for hydroxylation is 2. The van der Waals surface area contributed by atoms with Crippen molar-refractivity contribution in [2.45, 2.75) is 64.8 Å². The fourth-order valence-electron chi connectivity index (χ4n) is 5.54. The third-order valence-electron chi connectivity index (χ3n) is 7.64. The van der Waals surface area contributed by atoms with Crippen molar-refractivity contribution in [2.75, 3.05) is 32.7 Å². The number of amides is 1. The first kappa shape index (κ1) is 25.6. The van der Waals surface area contributed by atoms with E-state index in [4.69, 9.17) is 0 Å². The molecule has 3 heterocycles. The molecule has 2 aliphatic rings. The Morgan fingerprint density at radius 2 is 1.60 bits per heavy atom. The molecule has 0 saturated carbocycles. The normalized spacial score (nSPS) is 21.8. The minimum Gasteiger partial charge on any atom is -0.338 e. The van der Waals surface area contributed by atoms with Gasteiger partial charge in [-0.2, -0.15) is 13.2 Å². The first-order chi connectivity index (χ1) is 16.6. The van der Waals surface area contributed by atoms with Gasteiger partial charge in [0.15, 0.2) is 0 Å². The maximum absolute atomic E-state index is 13.1. The lowest BCUT2D eigenvalue weighted by atomic mass is 9.98. The molecule has 0 bridgehead atoms. The Morgan fingerprint density at radius 3 is 2.14 bits per heavy atom. The van der Waals surface area contributed by atoms with Crippen LogP contribution in [0.15, 0.2) is 30.6 Å². The standard InChI is InChI=1S/C26H34F3N5O/c1-17-15-33(13-14-34(17)20(4)21-5-7-22(8-6-21)26(27,28)29)23-9-11-32(12-10-23)25(35)24-18(2)30-16-31-19(24)3/h5-8,16-17,20,23H,9-15H2,1-4H3/t17-,20-/m0/s1. The molecule has 0 radical (unpaired) electrons. The number of carbonyl (C=O) groups is 1. The summed E-state index contributed by atoms with van der Waals surface area (Å²) in [4.78, 5) is 28.3. The SMILES string of the molecule is Cc1ncnc(C)c1C(=O)N1CCC(N2CCN([C@@H](C)c3ccc(C(F)(F)F)cc3)[C@@H](C)C2)CC1. The van der Waals surface area contributed by atoms with Gasteiger partial charge in [-0.05, 0) is 58.2 Å². The van der Waals surface area contributed by atoms with E-state index in [0.29, 0.717) is 24.7 Å². The molecule has 4 rings (SSSR count). The summed E-state index contributed by atoms with van der Waals surface area (Å²) in [5, 5.41) is 0. The zero-order chi connectivity index (χ0) is 25.3. The zero-order valence-corrected chi connectivity index (χ0v) is 20.8. The summed E-state index contributed by atoms with van der Waals surface area (Å²) in [5.41, 5.74) is 2.35. The number of alkyl halides is 3. The largest absolute Gasteiger partial charge is 0.416 e. The van der Waals surface area contributed by atoms with E-state index in [-0.39, 0.29) is 18.0 Å². The number of carbonyl (C=O) groups excluding carboxylic acids is 1. The van der Waals surface area contributed by atoms with Crippen molar-refractivity contribution in [3.63, 3.8) is 0 Å². The number of halogens is 3. The summed E-state index contributed by atoms with van der Waals surface area (Å²) in [7, 11) is 0. The molecule has 2 fully saturated rings. The molecule has 1 amide bonds. The van der Waals surface area contributed by atoms with E-state index in [1.54, 1.807) is 12.1 Å². The lowest BCUT2D eigenvalue weighted by Crippen LogP contribution is -2.57. The molecule has 190 valence electrons. The zero-order valence-electron chi connectivity index (χ0n) is 20.8. The second-order valence-corrected chi connectivity index (χ2v) is 9.82. The van der Waals surface area contributed by atoms with Gasteiger partial charge in [0.1, 0.15) is 6.33 Å². The van der Waals surface area contributed by atoms with Crippen molar-refractivity contribution in [1.29, 1.82) is 0 Å². The van der Waals surface area contributed by atoms with Crippen molar-refractivity contribution in [1.82, 2.24) is 24.7 Å². The van der Waals surface area contributed by atoms with Gasteiger partial charge in [0.05, 0.1) is 22.5 Å². The summed E-state index contributed by atoms with van der Waals surface area (Å²) in [6.07, 6.45) is -0.961. The van der Waals surface area contributed by atoms with E-state index in [2.05, 4.69) is 33.6 Å². The Hall–Kier alpha value is -2.52. The third kappa shape index (κ3) is 5.51. The number of aromatic nitrogens is 2. The molecule has 9 heteroatoms. The molecule has 0 spiro atoms. The molecule has 2 aromatic rings. The maximum atomic E-state index is 13.1. The predicted octanol–water partition coefficient (Wildman–Crippen LogP) is 4.48. The van der Waals surface area contributed by atoms with E-state index in [9.17, 15) is 18.0 Å². The molecule has 6 nitrogen and oxygen atoms in total. The Kier molecular flexibility index (Phi) is 7.47. The van der Waals surface area contributed by atoms with Gasteiger partial charge >= 0.3 is 6.18 Å². The van der Waals surface area contributed by atoms with Gasteiger partial charge in [-0.15, -0.1) is 0 Å². The van der Waals surface area contributed by atoms with Gasteiger partial charge in [0, 0.05) is 50.8 Å². The van der Waals surface area contributed by atoms with Crippen LogP contribution in [0, 0.1) is 13.8 Å². The van der Waals surface area contributed by atoms with Crippen LogP contribution < -0.4 is 0 Å². The van der Waals surface area contributed by atoms with Gasteiger partial charge < -0.3 is 4.90 Å². The molecular weight excluding hydrogens is 455 g/mol. The van der Waals surface area contributed by atoms with E-state index >= 15 is 0 Å². The first-order valence-corrected chi connectivity index (χ1v) is 12.3. The van der Waals surface area contributed by atoms with Gasteiger partial charge in [0.25, 0.3) is 5.91 Å². The Balaban J connectivity index is 1.32. The number of likely N-dealkylation sites (tertiary alicyclic amines) is 1. The van der Waals surface area contributed by atoms with Gasteiger partial charge in [0.2, 0.25) is 0 Å². The lowest BCUT2D eigenvalue weighted by molar-refractivity contribution is -0.137. The third-order valence-corrected chi connectivity index (χ3v) is 7.64. The summed E-state index contributed by atoms with van der Waals surface area (Å²) in [5.74, 6) is 0.0163.